The maximum atomic E-state index is 2.55. The van der Waals surface area contributed by atoms with Crippen molar-refractivity contribution in [3.05, 3.63) is 239 Å². The van der Waals surface area contributed by atoms with Gasteiger partial charge in [0.1, 0.15) is 0 Å². The van der Waals surface area contributed by atoms with Gasteiger partial charge in [0.05, 0.1) is 11.0 Å². The van der Waals surface area contributed by atoms with Crippen LogP contribution in [0.5, 0.6) is 0 Å². The lowest BCUT2D eigenvalue weighted by atomic mass is 9.28. The maximum Gasteiger partial charge on any atom is 0.243 e. The molecule has 0 saturated heterocycles. The van der Waals surface area contributed by atoms with Gasteiger partial charge in [-0.1, -0.05) is 125 Å². The molecule has 0 spiro atoms. The second-order valence-corrected chi connectivity index (χ2v) is 17.9. The SMILES string of the molecule is Cc1cc2c3c(c1)Cc1cc(-n4c5ccc(N(c6ccccc6)c6ccccc6)cc5c5cc(N(c6ccccc6)c6ccccc6)ccc54)cc4c1B3c1c(cc(C)cc1C4)C2. The summed E-state index contributed by atoms with van der Waals surface area (Å²) in [5.41, 5.74) is 26.8. The van der Waals surface area contributed by atoms with Crippen LogP contribution in [0.2, 0.25) is 0 Å². The van der Waals surface area contributed by atoms with Gasteiger partial charge in [-0.25, -0.2) is 0 Å². The second kappa shape index (κ2) is 14.0. The molecule has 3 nitrogen and oxygen atoms in total. The predicted octanol–water partition coefficient (Wildman–Crippen LogP) is 12.6. The van der Waals surface area contributed by atoms with Gasteiger partial charge < -0.3 is 14.4 Å². The zero-order valence-corrected chi connectivity index (χ0v) is 35.5. The Morgan fingerprint density at radius 1 is 0.349 bits per heavy atom. The summed E-state index contributed by atoms with van der Waals surface area (Å²) in [6.45, 7) is 4.87. The van der Waals surface area contributed by atoms with Crippen LogP contribution in [0.15, 0.2) is 194 Å². The smallest absolute Gasteiger partial charge is 0.243 e. The predicted molar refractivity (Wildman–Crippen MR) is 266 cm³/mol. The summed E-state index contributed by atoms with van der Waals surface area (Å²) >= 11 is 0. The van der Waals surface area contributed by atoms with Crippen molar-refractivity contribution in [3.8, 4) is 5.69 Å². The number of aromatic nitrogens is 1. The van der Waals surface area contributed by atoms with Crippen molar-refractivity contribution in [1.82, 2.24) is 4.57 Å². The summed E-state index contributed by atoms with van der Waals surface area (Å²) in [6.07, 6.45) is 2.96. The van der Waals surface area contributed by atoms with Crippen molar-refractivity contribution in [3.63, 3.8) is 0 Å². The van der Waals surface area contributed by atoms with Crippen molar-refractivity contribution >= 4 is 79.0 Å². The van der Waals surface area contributed by atoms with E-state index in [2.05, 4.69) is 222 Å². The first-order valence-corrected chi connectivity index (χ1v) is 22.3. The van der Waals surface area contributed by atoms with Crippen molar-refractivity contribution in [1.29, 1.82) is 0 Å². The Morgan fingerprint density at radius 2 is 0.667 bits per heavy atom. The molecule has 0 amide bonds. The van der Waals surface area contributed by atoms with E-state index < -0.39 is 0 Å². The van der Waals surface area contributed by atoms with E-state index >= 15 is 0 Å². The van der Waals surface area contributed by atoms with Crippen LogP contribution in [0.3, 0.4) is 0 Å². The van der Waals surface area contributed by atoms with E-state index in [0.29, 0.717) is 6.71 Å². The van der Waals surface area contributed by atoms with Crippen LogP contribution < -0.4 is 26.2 Å². The van der Waals surface area contributed by atoms with E-state index in [-0.39, 0.29) is 0 Å². The van der Waals surface area contributed by atoms with Crippen LogP contribution in [0.4, 0.5) is 34.1 Å². The Labute approximate surface area is 369 Å². The van der Waals surface area contributed by atoms with Crippen LogP contribution in [0.25, 0.3) is 27.5 Å². The van der Waals surface area contributed by atoms with Crippen LogP contribution in [-0.4, -0.2) is 11.3 Å². The number of para-hydroxylation sites is 4. The van der Waals surface area contributed by atoms with Gasteiger partial charge in [-0.05, 0) is 164 Å². The lowest BCUT2D eigenvalue weighted by Crippen LogP contribution is -2.64. The molecule has 4 heteroatoms. The van der Waals surface area contributed by atoms with E-state index in [1.54, 1.807) is 16.4 Å². The third-order valence-corrected chi connectivity index (χ3v) is 13.9. The van der Waals surface area contributed by atoms with Gasteiger partial charge >= 0.3 is 0 Å². The molecule has 9 aromatic carbocycles. The molecule has 0 unspecified atom stereocenters. The highest BCUT2D eigenvalue weighted by Crippen LogP contribution is 2.43. The fraction of sp³-hybridized carbons (Fsp3) is 0.0847. The van der Waals surface area contributed by atoms with Gasteiger partial charge in [-0.15, -0.1) is 0 Å². The third kappa shape index (κ3) is 5.67. The molecular weight excluding hydrogens is 761 g/mol. The van der Waals surface area contributed by atoms with Crippen molar-refractivity contribution in [2.75, 3.05) is 9.80 Å². The minimum Gasteiger partial charge on any atom is -0.310 e. The maximum absolute atomic E-state index is 2.55. The highest BCUT2D eigenvalue weighted by molar-refractivity contribution is 6.98. The van der Waals surface area contributed by atoms with Gasteiger partial charge in [0.25, 0.3) is 0 Å². The molecule has 1 aromatic heterocycles. The number of nitrogens with zero attached hydrogens (tertiary/aromatic N) is 3. The zero-order chi connectivity index (χ0) is 41.8. The number of anilines is 6. The van der Waals surface area contributed by atoms with E-state index in [0.717, 1.165) is 53.4 Å². The molecule has 0 saturated carbocycles. The molecule has 13 rings (SSSR count). The molecule has 0 bridgehead atoms. The highest BCUT2D eigenvalue weighted by Gasteiger charge is 2.42. The van der Waals surface area contributed by atoms with E-state index in [1.165, 1.54) is 72.0 Å². The second-order valence-electron chi connectivity index (χ2n) is 17.9. The molecule has 0 aliphatic carbocycles. The summed E-state index contributed by atoms with van der Waals surface area (Å²) in [7, 11) is 0. The van der Waals surface area contributed by atoms with Gasteiger partial charge in [0, 0.05) is 50.6 Å². The number of fused-ring (bicyclic) bond motifs is 3. The largest absolute Gasteiger partial charge is 0.310 e. The van der Waals surface area contributed by atoms with Crippen molar-refractivity contribution in [2.24, 2.45) is 0 Å². The van der Waals surface area contributed by atoms with E-state index in [4.69, 9.17) is 0 Å². The topological polar surface area (TPSA) is 11.4 Å². The van der Waals surface area contributed by atoms with Gasteiger partial charge in [0.15, 0.2) is 0 Å². The summed E-state index contributed by atoms with van der Waals surface area (Å²) < 4.78 is 2.55. The summed E-state index contributed by atoms with van der Waals surface area (Å²) in [5.74, 6) is 0. The molecule has 0 fully saturated rings. The molecule has 3 aliphatic heterocycles. The first-order chi connectivity index (χ1) is 31.0. The van der Waals surface area contributed by atoms with Gasteiger partial charge in [-0.2, -0.15) is 0 Å². The minimum absolute atomic E-state index is 0.309. The number of rotatable bonds is 7. The fourth-order valence-corrected chi connectivity index (χ4v) is 11.6. The monoisotopic (exact) mass is 805 g/mol. The highest BCUT2D eigenvalue weighted by atomic mass is 15.1. The quantitative estimate of drug-likeness (QED) is 0.149. The molecule has 4 heterocycles. The average molecular weight is 806 g/mol. The summed E-state index contributed by atoms with van der Waals surface area (Å²) in [4.78, 5) is 4.75. The molecule has 0 N–H and O–H groups in total. The molecule has 63 heavy (non-hydrogen) atoms. The van der Waals surface area contributed by atoms with Crippen molar-refractivity contribution in [2.45, 2.75) is 33.1 Å². The first-order valence-electron chi connectivity index (χ1n) is 22.3. The molecular formula is C59H44BN3. The molecule has 3 aliphatic rings. The fourth-order valence-electron chi connectivity index (χ4n) is 11.6. The average Bonchev–Trinajstić information content (AvgIpc) is 3.63. The van der Waals surface area contributed by atoms with E-state index in [9.17, 15) is 0 Å². The zero-order valence-electron chi connectivity index (χ0n) is 35.5. The Bertz CT molecular complexity index is 3150. The number of hydrogen-bond donors (Lipinski definition) is 0. The minimum atomic E-state index is 0.309. The lowest BCUT2D eigenvalue weighted by molar-refractivity contribution is 1.07. The van der Waals surface area contributed by atoms with E-state index in [1.807, 2.05) is 0 Å². The number of benzene rings is 9. The summed E-state index contributed by atoms with van der Waals surface area (Å²) in [6, 6.07) is 72.1. The number of aryl methyl sites for hydroxylation is 2. The first kappa shape index (κ1) is 36.1. The van der Waals surface area contributed by atoms with Gasteiger partial charge in [0.2, 0.25) is 6.71 Å². The molecule has 10 aromatic rings. The van der Waals surface area contributed by atoms with Crippen LogP contribution in [0, 0.1) is 13.8 Å². The lowest BCUT2D eigenvalue weighted by Gasteiger charge is -2.40. The number of hydrogen-bond acceptors (Lipinski definition) is 2. The summed E-state index contributed by atoms with van der Waals surface area (Å²) in [5, 5.41) is 2.44. The Morgan fingerprint density at radius 3 is 1.00 bits per heavy atom. The van der Waals surface area contributed by atoms with Crippen LogP contribution >= 0.6 is 0 Å². The normalized spacial score (nSPS) is 13.0. The molecule has 298 valence electrons. The van der Waals surface area contributed by atoms with Gasteiger partial charge in [-0.3, -0.25) is 0 Å². The Hall–Kier alpha value is -7.56. The molecule has 0 atom stereocenters. The molecule has 0 radical (unpaired) electrons. The Balaban J connectivity index is 1.06. The third-order valence-electron chi connectivity index (χ3n) is 13.9. The Kier molecular flexibility index (Phi) is 8.02. The van der Waals surface area contributed by atoms with Crippen LogP contribution in [0.1, 0.15) is 44.5 Å². The van der Waals surface area contributed by atoms with Crippen molar-refractivity contribution < 1.29 is 0 Å². The van der Waals surface area contributed by atoms with Crippen LogP contribution in [-0.2, 0) is 19.3 Å². The standard InChI is InChI=1S/C59H44BN3/c1-38-27-40-31-41-28-39(2)30-43-33-45-35-52(34-44-32-42(29-38)57(40)60(58(41)43)59(44)45)63-55-25-23-50(61(46-15-7-3-8-16-46)47-17-9-4-10-18-47)36-53(55)54-37-51(24-26-56(54)63)62(48-19-11-5-12-20-48)49-21-13-6-14-22-49/h3-30,34-37H,31-33H2,1-2H3.